The van der Waals surface area contributed by atoms with E-state index in [9.17, 15) is 14.4 Å². The van der Waals surface area contributed by atoms with Crippen LogP contribution in [0.5, 0.6) is 0 Å². The molecule has 0 atom stereocenters. The maximum Gasteiger partial charge on any atom is 0.320 e. The predicted molar refractivity (Wildman–Crippen MR) is 94.4 cm³/mol. The molecule has 1 aliphatic heterocycles. The molecule has 1 aromatic rings. The Morgan fingerprint density at radius 2 is 1.84 bits per heavy atom. The van der Waals surface area contributed by atoms with E-state index in [0.717, 1.165) is 11.8 Å². The summed E-state index contributed by atoms with van der Waals surface area (Å²) in [5.41, 5.74) is 0.950. The number of nitrogens with zero attached hydrogens (tertiary/aromatic N) is 2. The summed E-state index contributed by atoms with van der Waals surface area (Å²) in [5, 5.41) is 0. The Hall–Kier alpha value is -2.21. The number of carbonyl (C=O) groups is 3. The molecule has 0 unspecified atom stereocenters. The highest BCUT2D eigenvalue weighted by Crippen LogP contribution is 2.12. The number of hydrogen-bond acceptors (Lipinski definition) is 5. The molecule has 1 fully saturated rings. The number of ether oxygens (including phenoxy) is 1. The minimum Gasteiger partial charge on any atom is -0.459 e. The van der Waals surface area contributed by atoms with E-state index in [1.807, 2.05) is 31.7 Å². The number of benzene rings is 1. The van der Waals surface area contributed by atoms with E-state index >= 15 is 0 Å². The van der Waals surface area contributed by atoms with Crippen molar-refractivity contribution in [1.29, 1.82) is 0 Å². The Labute approximate surface area is 148 Å². The van der Waals surface area contributed by atoms with E-state index in [4.69, 9.17) is 4.74 Å². The van der Waals surface area contributed by atoms with Gasteiger partial charge in [-0.3, -0.25) is 14.5 Å². The molecule has 6 heteroatoms. The summed E-state index contributed by atoms with van der Waals surface area (Å²) < 4.78 is 5.33. The van der Waals surface area contributed by atoms with E-state index in [-0.39, 0.29) is 18.4 Å². The van der Waals surface area contributed by atoms with Gasteiger partial charge in [0.2, 0.25) is 0 Å². The molecule has 1 heterocycles. The van der Waals surface area contributed by atoms with Crippen LogP contribution in [0.15, 0.2) is 24.3 Å². The molecule has 0 N–H and O–H groups in total. The first-order valence-electron chi connectivity index (χ1n) is 8.54. The molecule has 6 nitrogen and oxygen atoms in total. The third-order valence-electron chi connectivity index (χ3n) is 3.93. The maximum atomic E-state index is 12.6. The Morgan fingerprint density at radius 3 is 2.44 bits per heavy atom. The highest BCUT2D eigenvalue weighted by molar-refractivity contribution is 5.94. The van der Waals surface area contributed by atoms with Crippen molar-refractivity contribution in [2.45, 2.75) is 32.8 Å². The lowest BCUT2D eigenvalue weighted by Crippen LogP contribution is -2.50. The lowest BCUT2D eigenvalue weighted by atomic mass is 10.1. The van der Waals surface area contributed by atoms with Gasteiger partial charge in [-0.15, -0.1) is 0 Å². The summed E-state index contributed by atoms with van der Waals surface area (Å²) in [6.07, 6.45) is 1.14. The van der Waals surface area contributed by atoms with Gasteiger partial charge < -0.3 is 14.4 Å². The fraction of sp³-hybridized carbons (Fsp3) is 0.526. The number of carbonyl (C=O) groups excluding carboxylic acids is 3. The molecule has 1 saturated heterocycles. The SMILES string of the molecule is CC(C)(C)OC(=O)CN1CCN(C(=O)c2cccc(CC=O)c2)CC1. The average Bonchev–Trinajstić information content (AvgIpc) is 2.54. The second-order valence-electron chi connectivity index (χ2n) is 7.23. The van der Waals surface area contributed by atoms with Crippen LogP contribution in [0.25, 0.3) is 0 Å². The Kier molecular flexibility index (Phi) is 6.31. The molecule has 0 aromatic heterocycles. The molecule has 0 spiro atoms. The fourth-order valence-electron chi connectivity index (χ4n) is 2.78. The molecule has 0 radical (unpaired) electrons. The van der Waals surface area contributed by atoms with Crippen molar-refractivity contribution in [2.75, 3.05) is 32.7 Å². The van der Waals surface area contributed by atoms with Crippen LogP contribution < -0.4 is 0 Å². The number of esters is 1. The van der Waals surface area contributed by atoms with Crippen LogP contribution in [-0.4, -0.2) is 66.3 Å². The number of aldehydes is 1. The first kappa shape index (κ1) is 19.1. The van der Waals surface area contributed by atoms with Crippen molar-refractivity contribution in [2.24, 2.45) is 0 Å². The smallest absolute Gasteiger partial charge is 0.320 e. The topological polar surface area (TPSA) is 66.9 Å². The Morgan fingerprint density at radius 1 is 1.16 bits per heavy atom. The summed E-state index contributed by atoms with van der Waals surface area (Å²) >= 11 is 0. The minimum absolute atomic E-state index is 0.0373. The Bertz CT molecular complexity index is 629. The van der Waals surface area contributed by atoms with Gasteiger partial charge in [0.15, 0.2) is 0 Å². The summed E-state index contributed by atoms with van der Waals surface area (Å²) in [5.74, 6) is -0.279. The fourth-order valence-corrected chi connectivity index (χ4v) is 2.78. The van der Waals surface area contributed by atoms with Crippen LogP contribution in [0.2, 0.25) is 0 Å². The van der Waals surface area contributed by atoms with Crippen LogP contribution in [0.1, 0.15) is 36.7 Å². The zero-order valence-electron chi connectivity index (χ0n) is 15.2. The monoisotopic (exact) mass is 346 g/mol. The molecule has 0 saturated carbocycles. The van der Waals surface area contributed by atoms with E-state index in [1.54, 1.807) is 23.1 Å². The van der Waals surface area contributed by atoms with Gasteiger partial charge in [0.05, 0.1) is 6.54 Å². The lowest BCUT2D eigenvalue weighted by molar-refractivity contribution is -0.156. The van der Waals surface area contributed by atoms with Crippen molar-refractivity contribution in [3.05, 3.63) is 35.4 Å². The van der Waals surface area contributed by atoms with Gasteiger partial charge in [-0.1, -0.05) is 12.1 Å². The largest absolute Gasteiger partial charge is 0.459 e. The summed E-state index contributed by atoms with van der Waals surface area (Å²) in [4.78, 5) is 38.9. The van der Waals surface area contributed by atoms with Gasteiger partial charge in [0.1, 0.15) is 11.9 Å². The van der Waals surface area contributed by atoms with Crippen LogP contribution in [0.3, 0.4) is 0 Å². The molecule has 2 rings (SSSR count). The summed E-state index contributed by atoms with van der Waals surface area (Å²) in [7, 11) is 0. The van der Waals surface area contributed by atoms with Crippen molar-refractivity contribution in [3.63, 3.8) is 0 Å². The van der Waals surface area contributed by atoms with E-state index in [1.165, 1.54) is 0 Å². The molecule has 25 heavy (non-hydrogen) atoms. The van der Waals surface area contributed by atoms with Crippen molar-refractivity contribution in [1.82, 2.24) is 9.80 Å². The number of amides is 1. The van der Waals surface area contributed by atoms with Crippen LogP contribution in [-0.2, 0) is 20.7 Å². The third-order valence-corrected chi connectivity index (χ3v) is 3.93. The van der Waals surface area contributed by atoms with E-state index < -0.39 is 5.60 Å². The maximum absolute atomic E-state index is 12.6. The summed E-state index contributed by atoms with van der Waals surface area (Å²) in [6, 6.07) is 7.17. The average molecular weight is 346 g/mol. The van der Waals surface area contributed by atoms with Gasteiger partial charge >= 0.3 is 5.97 Å². The number of rotatable bonds is 5. The second-order valence-corrected chi connectivity index (χ2v) is 7.23. The lowest BCUT2D eigenvalue weighted by Gasteiger charge is -2.34. The molecule has 136 valence electrons. The normalized spacial score (nSPS) is 15.7. The standard InChI is InChI=1S/C19H26N2O4/c1-19(2,3)25-17(23)14-20-8-10-21(11-9-20)18(24)16-6-4-5-15(13-16)7-12-22/h4-6,12-13H,7-11,14H2,1-3H3. The zero-order chi connectivity index (χ0) is 18.4. The van der Waals surface area contributed by atoms with Crippen molar-refractivity contribution in [3.8, 4) is 0 Å². The molecule has 0 aliphatic carbocycles. The minimum atomic E-state index is -0.485. The van der Waals surface area contributed by atoms with Crippen molar-refractivity contribution >= 4 is 18.2 Å². The quantitative estimate of drug-likeness (QED) is 0.597. The number of hydrogen-bond donors (Lipinski definition) is 0. The van der Waals surface area contributed by atoms with Gasteiger partial charge in [0.25, 0.3) is 5.91 Å². The Balaban J connectivity index is 1.87. The molecule has 1 aliphatic rings. The third kappa shape index (κ3) is 5.98. The zero-order valence-corrected chi connectivity index (χ0v) is 15.2. The summed E-state index contributed by atoms with van der Waals surface area (Å²) in [6.45, 7) is 8.20. The predicted octanol–water partition coefficient (Wildman–Crippen LogP) is 1.53. The van der Waals surface area contributed by atoms with Gasteiger partial charge in [-0.05, 0) is 38.5 Å². The molecule has 0 bridgehead atoms. The van der Waals surface area contributed by atoms with Crippen LogP contribution in [0.4, 0.5) is 0 Å². The number of piperazine rings is 1. The first-order chi connectivity index (χ1) is 11.8. The van der Waals surface area contributed by atoms with E-state index in [0.29, 0.717) is 38.2 Å². The molecular formula is C19H26N2O4. The molecule has 1 amide bonds. The first-order valence-corrected chi connectivity index (χ1v) is 8.54. The molecule has 1 aromatic carbocycles. The molecular weight excluding hydrogens is 320 g/mol. The van der Waals surface area contributed by atoms with E-state index in [2.05, 4.69) is 0 Å². The van der Waals surface area contributed by atoms with Crippen LogP contribution in [0, 0.1) is 0 Å². The highest BCUT2D eigenvalue weighted by Gasteiger charge is 2.25. The van der Waals surface area contributed by atoms with Gasteiger partial charge in [-0.2, -0.15) is 0 Å². The second kappa shape index (κ2) is 8.25. The van der Waals surface area contributed by atoms with Gasteiger partial charge in [-0.25, -0.2) is 0 Å². The highest BCUT2D eigenvalue weighted by atomic mass is 16.6. The van der Waals surface area contributed by atoms with Crippen LogP contribution >= 0.6 is 0 Å². The van der Waals surface area contributed by atoms with Crippen molar-refractivity contribution < 1.29 is 19.1 Å². The van der Waals surface area contributed by atoms with Gasteiger partial charge in [0, 0.05) is 38.2 Å².